The third kappa shape index (κ3) is 4.60. The van der Waals surface area contributed by atoms with Crippen molar-refractivity contribution in [3.63, 3.8) is 0 Å². The predicted molar refractivity (Wildman–Crippen MR) is 83.9 cm³/mol. The number of amides is 1. The third-order valence-electron chi connectivity index (χ3n) is 4.45. The average molecular weight is 292 g/mol. The summed E-state index contributed by atoms with van der Waals surface area (Å²) in [7, 11) is 3.75. The lowest BCUT2D eigenvalue weighted by Crippen LogP contribution is -2.38. The zero-order chi connectivity index (χ0) is 15.1. The highest BCUT2D eigenvalue weighted by molar-refractivity contribution is 5.78. The van der Waals surface area contributed by atoms with Gasteiger partial charge in [-0.2, -0.15) is 0 Å². The van der Waals surface area contributed by atoms with Crippen molar-refractivity contribution in [3.8, 4) is 0 Å². The van der Waals surface area contributed by atoms with Gasteiger partial charge in [-0.05, 0) is 31.4 Å². The Labute approximate surface area is 128 Å². The molecule has 0 bridgehead atoms. The van der Waals surface area contributed by atoms with E-state index in [1.165, 1.54) is 25.0 Å². The van der Waals surface area contributed by atoms with Gasteiger partial charge in [-0.25, -0.2) is 0 Å². The van der Waals surface area contributed by atoms with Crippen LogP contribution < -0.4 is 0 Å². The number of nitrogens with zero attached hydrogens (tertiary/aromatic N) is 2. The maximum atomic E-state index is 12.8. The Morgan fingerprint density at radius 3 is 2.76 bits per heavy atom. The van der Waals surface area contributed by atoms with Gasteiger partial charge in [-0.15, -0.1) is 0 Å². The monoisotopic (exact) mass is 292 g/mol. The van der Waals surface area contributed by atoms with Gasteiger partial charge in [0, 0.05) is 45.1 Å². The van der Waals surface area contributed by atoms with Gasteiger partial charge >= 0.3 is 0 Å². The summed E-state index contributed by atoms with van der Waals surface area (Å²) in [5.41, 5.74) is 1.19. The van der Waals surface area contributed by atoms with Gasteiger partial charge in [0.25, 0.3) is 0 Å². The van der Waals surface area contributed by atoms with E-state index in [1.54, 1.807) is 7.11 Å². The van der Waals surface area contributed by atoms with Crippen molar-refractivity contribution in [2.24, 2.45) is 13.0 Å². The Hall–Kier alpha value is -1.29. The molecule has 1 aliphatic carbocycles. The number of hydrogen-bond acceptors (Lipinski definition) is 2. The van der Waals surface area contributed by atoms with Crippen LogP contribution in [0.1, 0.15) is 44.2 Å². The van der Waals surface area contributed by atoms with E-state index in [9.17, 15) is 4.79 Å². The third-order valence-corrected chi connectivity index (χ3v) is 4.45. The maximum Gasteiger partial charge on any atom is 0.226 e. The van der Waals surface area contributed by atoms with Gasteiger partial charge in [0.05, 0.1) is 6.54 Å². The van der Waals surface area contributed by atoms with Gasteiger partial charge in [0.15, 0.2) is 0 Å². The molecule has 1 heterocycles. The summed E-state index contributed by atoms with van der Waals surface area (Å²) in [5, 5.41) is 0. The minimum absolute atomic E-state index is 0.238. The normalized spacial score (nSPS) is 16.1. The fourth-order valence-electron chi connectivity index (χ4n) is 3.13. The van der Waals surface area contributed by atoms with Crippen molar-refractivity contribution in [2.45, 2.75) is 45.1 Å². The summed E-state index contributed by atoms with van der Waals surface area (Å²) in [4.78, 5) is 14.8. The average Bonchev–Trinajstić information content (AvgIpc) is 2.92. The number of ether oxygens (including phenoxy) is 1. The minimum Gasteiger partial charge on any atom is -0.385 e. The molecule has 1 amide bonds. The number of hydrogen-bond donors (Lipinski definition) is 0. The highest BCUT2D eigenvalue weighted by Gasteiger charge is 2.26. The molecule has 0 spiro atoms. The van der Waals surface area contributed by atoms with E-state index in [0.29, 0.717) is 19.1 Å². The summed E-state index contributed by atoms with van der Waals surface area (Å²) < 4.78 is 7.23. The first-order valence-corrected chi connectivity index (χ1v) is 8.10. The highest BCUT2D eigenvalue weighted by atomic mass is 16.5. The topological polar surface area (TPSA) is 34.5 Å². The standard InChI is InChI=1S/C17H28N2O2/c1-18-11-6-10-16(18)14-19(12-7-13-21-2)17(20)15-8-4-3-5-9-15/h6,10-11,15H,3-5,7-9,12-14H2,1-2H3. The molecule has 0 aromatic carbocycles. The maximum absolute atomic E-state index is 12.8. The van der Waals surface area contributed by atoms with E-state index in [0.717, 1.165) is 25.8 Å². The molecule has 2 rings (SSSR count). The second-order valence-electron chi connectivity index (χ2n) is 6.05. The van der Waals surface area contributed by atoms with E-state index in [-0.39, 0.29) is 5.92 Å². The minimum atomic E-state index is 0.238. The van der Waals surface area contributed by atoms with E-state index in [1.807, 2.05) is 24.2 Å². The first kappa shape index (κ1) is 16.1. The van der Waals surface area contributed by atoms with Crippen molar-refractivity contribution in [3.05, 3.63) is 24.0 Å². The van der Waals surface area contributed by atoms with Gasteiger partial charge in [-0.1, -0.05) is 19.3 Å². The van der Waals surface area contributed by atoms with Crippen LogP contribution >= 0.6 is 0 Å². The molecule has 118 valence electrons. The van der Waals surface area contributed by atoms with Crippen LogP contribution in [-0.4, -0.2) is 35.6 Å². The SMILES string of the molecule is COCCCN(Cc1cccn1C)C(=O)C1CCCCC1. The Balaban J connectivity index is 1.99. The molecule has 0 unspecified atom stereocenters. The number of carbonyl (C=O) groups excluding carboxylic acids is 1. The van der Waals surface area contributed by atoms with Gasteiger partial charge < -0.3 is 14.2 Å². The van der Waals surface area contributed by atoms with Crippen LogP contribution in [0.4, 0.5) is 0 Å². The van der Waals surface area contributed by atoms with Crippen LogP contribution in [0.25, 0.3) is 0 Å². The Morgan fingerprint density at radius 1 is 1.38 bits per heavy atom. The molecular formula is C17H28N2O2. The van der Waals surface area contributed by atoms with E-state index in [4.69, 9.17) is 4.74 Å². The molecule has 1 aromatic heterocycles. The first-order valence-electron chi connectivity index (χ1n) is 8.10. The highest BCUT2D eigenvalue weighted by Crippen LogP contribution is 2.26. The molecule has 4 heteroatoms. The molecule has 4 nitrogen and oxygen atoms in total. The van der Waals surface area contributed by atoms with E-state index >= 15 is 0 Å². The molecule has 1 saturated carbocycles. The Morgan fingerprint density at radius 2 is 2.14 bits per heavy atom. The van der Waals surface area contributed by atoms with Crippen LogP contribution in [0.3, 0.4) is 0 Å². The summed E-state index contributed by atoms with van der Waals surface area (Å²) in [6.45, 7) is 2.21. The molecule has 0 N–H and O–H groups in total. The molecule has 0 saturated heterocycles. The molecule has 0 atom stereocenters. The second-order valence-corrected chi connectivity index (χ2v) is 6.05. The largest absolute Gasteiger partial charge is 0.385 e. The van der Waals surface area contributed by atoms with Crippen LogP contribution in [0, 0.1) is 5.92 Å². The summed E-state index contributed by atoms with van der Waals surface area (Å²) >= 11 is 0. The van der Waals surface area contributed by atoms with E-state index < -0.39 is 0 Å². The Bertz CT molecular complexity index is 436. The van der Waals surface area contributed by atoms with Crippen LogP contribution in [0.15, 0.2) is 18.3 Å². The van der Waals surface area contributed by atoms with Crippen molar-refractivity contribution < 1.29 is 9.53 Å². The van der Waals surface area contributed by atoms with Crippen molar-refractivity contribution in [1.82, 2.24) is 9.47 Å². The quantitative estimate of drug-likeness (QED) is 0.724. The second kappa shape index (κ2) is 8.23. The smallest absolute Gasteiger partial charge is 0.226 e. The molecule has 1 aromatic rings. The lowest BCUT2D eigenvalue weighted by Gasteiger charge is -2.29. The summed E-state index contributed by atoms with van der Waals surface area (Å²) in [6.07, 6.45) is 8.75. The molecule has 21 heavy (non-hydrogen) atoms. The zero-order valence-corrected chi connectivity index (χ0v) is 13.4. The van der Waals surface area contributed by atoms with Gasteiger partial charge in [0.2, 0.25) is 5.91 Å². The fourth-order valence-corrected chi connectivity index (χ4v) is 3.13. The Kier molecular flexibility index (Phi) is 6.30. The fraction of sp³-hybridized carbons (Fsp3) is 0.706. The van der Waals surface area contributed by atoms with Gasteiger partial charge in [-0.3, -0.25) is 4.79 Å². The van der Waals surface area contributed by atoms with E-state index in [2.05, 4.69) is 10.6 Å². The summed E-state index contributed by atoms with van der Waals surface area (Å²) in [5.74, 6) is 0.577. The molecule has 1 aliphatic rings. The number of rotatable bonds is 7. The zero-order valence-electron chi connectivity index (χ0n) is 13.4. The van der Waals surface area contributed by atoms with Crippen molar-refractivity contribution in [2.75, 3.05) is 20.3 Å². The molecule has 1 fully saturated rings. The molecule has 0 aliphatic heterocycles. The predicted octanol–water partition coefficient (Wildman–Crippen LogP) is 2.97. The van der Waals surface area contributed by atoms with Crippen molar-refractivity contribution in [1.29, 1.82) is 0 Å². The molecule has 0 radical (unpaired) electrons. The number of methoxy groups -OCH3 is 1. The number of carbonyl (C=O) groups is 1. The van der Waals surface area contributed by atoms with Crippen LogP contribution in [0.5, 0.6) is 0 Å². The lowest BCUT2D eigenvalue weighted by molar-refractivity contribution is -0.137. The first-order chi connectivity index (χ1) is 10.2. The van der Waals surface area contributed by atoms with Crippen LogP contribution in [-0.2, 0) is 23.1 Å². The summed E-state index contributed by atoms with van der Waals surface area (Å²) in [6, 6.07) is 4.13. The lowest BCUT2D eigenvalue weighted by atomic mass is 9.88. The van der Waals surface area contributed by atoms with Gasteiger partial charge in [0.1, 0.15) is 0 Å². The van der Waals surface area contributed by atoms with Crippen molar-refractivity contribution >= 4 is 5.91 Å². The number of aryl methyl sites for hydroxylation is 1. The number of aromatic nitrogens is 1. The molecular weight excluding hydrogens is 264 g/mol. The van der Waals surface area contributed by atoms with Crippen LogP contribution in [0.2, 0.25) is 0 Å².